The van der Waals surface area contributed by atoms with Gasteiger partial charge in [0, 0.05) is 24.7 Å². The molecule has 2 aliphatic heterocycles. The highest BCUT2D eigenvalue weighted by atomic mass is 16.5. The summed E-state index contributed by atoms with van der Waals surface area (Å²) in [6.07, 6.45) is 3.53. The first-order chi connectivity index (χ1) is 11.1. The largest absolute Gasteiger partial charge is 0.488 e. The molecule has 0 saturated carbocycles. The van der Waals surface area contributed by atoms with Gasteiger partial charge in [-0.15, -0.1) is 0 Å². The van der Waals surface area contributed by atoms with Crippen molar-refractivity contribution in [3.63, 3.8) is 0 Å². The number of nitrogens with zero attached hydrogens (tertiary/aromatic N) is 1. The number of piperidine rings is 1. The van der Waals surface area contributed by atoms with Crippen molar-refractivity contribution in [1.29, 1.82) is 0 Å². The smallest absolute Gasteiger partial charge is 0.250 e. The van der Waals surface area contributed by atoms with Crippen LogP contribution in [0.5, 0.6) is 5.75 Å². The third kappa shape index (κ3) is 3.90. The van der Waals surface area contributed by atoms with E-state index in [2.05, 4.69) is 5.32 Å². The first-order valence-corrected chi connectivity index (χ1v) is 7.86. The third-order valence-corrected chi connectivity index (χ3v) is 4.23. The summed E-state index contributed by atoms with van der Waals surface area (Å²) in [5, 5.41) is 3.06. The lowest BCUT2D eigenvalue weighted by Crippen LogP contribution is -2.47. The number of likely N-dealkylation sites (tertiary alicyclic amines) is 1. The molecule has 1 aromatic rings. The summed E-state index contributed by atoms with van der Waals surface area (Å²) in [7, 11) is 0. The summed E-state index contributed by atoms with van der Waals surface area (Å²) in [6, 6.07) is 7.80. The molecule has 1 fully saturated rings. The molecule has 1 aromatic carbocycles. The maximum absolute atomic E-state index is 12.4. The number of amides is 2. The normalized spacial score (nSPS) is 18.5. The van der Waals surface area contributed by atoms with Gasteiger partial charge in [-0.1, -0.05) is 18.2 Å². The van der Waals surface area contributed by atoms with Crippen molar-refractivity contribution in [1.82, 2.24) is 10.2 Å². The van der Waals surface area contributed by atoms with Gasteiger partial charge in [-0.25, -0.2) is 0 Å². The zero-order chi connectivity index (χ0) is 16.2. The second kappa shape index (κ2) is 6.83. The number of ether oxygens (including phenoxy) is 1. The first kappa shape index (κ1) is 15.6. The van der Waals surface area contributed by atoms with Gasteiger partial charge in [0.2, 0.25) is 5.91 Å². The van der Waals surface area contributed by atoms with Crippen molar-refractivity contribution in [2.45, 2.75) is 18.9 Å². The van der Waals surface area contributed by atoms with Gasteiger partial charge in [-0.3, -0.25) is 14.5 Å². The van der Waals surface area contributed by atoms with E-state index in [0.717, 1.165) is 37.2 Å². The molecular weight excluding hydrogens is 294 g/mol. The fourth-order valence-corrected chi connectivity index (χ4v) is 2.98. The Labute approximate surface area is 135 Å². The summed E-state index contributed by atoms with van der Waals surface area (Å²) in [5.41, 5.74) is 6.78. The lowest BCUT2D eigenvalue weighted by atomic mass is 10.0. The van der Waals surface area contributed by atoms with Crippen LogP contribution in [0.25, 0.3) is 6.08 Å². The molecule has 0 bridgehead atoms. The molecule has 6 heteroatoms. The molecule has 0 unspecified atom stereocenters. The molecule has 0 atom stereocenters. The molecule has 2 heterocycles. The summed E-state index contributed by atoms with van der Waals surface area (Å²) in [5.74, 6) is 0.423. The van der Waals surface area contributed by atoms with Gasteiger partial charge < -0.3 is 15.8 Å². The number of nitrogens with two attached hydrogens (primary N) is 1. The molecule has 0 radical (unpaired) electrons. The van der Waals surface area contributed by atoms with Crippen molar-refractivity contribution >= 4 is 17.9 Å². The van der Waals surface area contributed by atoms with Crippen molar-refractivity contribution < 1.29 is 14.3 Å². The highest BCUT2D eigenvalue weighted by molar-refractivity contribution is 5.99. The average molecular weight is 315 g/mol. The molecule has 0 aromatic heterocycles. The number of hydrogen-bond acceptors (Lipinski definition) is 4. The van der Waals surface area contributed by atoms with Gasteiger partial charge >= 0.3 is 0 Å². The maximum atomic E-state index is 12.4. The van der Waals surface area contributed by atoms with Gasteiger partial charge in [0.25, 0.3) is 5.91 Å². The SMILES string of the molecule is NC(=O)CN1CCC(NC(=O)C2=Cc3ccccc3OC2)CC1. The summed E-state index contributed by atoms with van der Waals surface area (Å²) in [4.78, 5) is 25.3. The predicted molar refractivity (Wildman–Crippen MR) is 86.7 cm³/mol. The molecular formula is C17H21N3O3. The molecule has 3 N–H and O–H groups in total. The zero-order valence-corrected chi connectivity index (χ0v) is 13.0. The van der Waals surface area contributed by atoms with E-state index in [0.29, 0.717) is 12.2 Å². The molecule has 6 nitrogen and oxygen atoms in total. The van der Waals surface area contributed by atoms with Gasteiger partial charge in [0.05, 0.1) is 12.1 Å². The second-order valence-electron chi connectivity index (χ2n) is 5.99. The van der Waals surface area contributed by atoms with E-state index in [9.17, 15) is 9.59 Å². The van der Waals surface area contributed by atoms with Crippen LogP contribution < -0.4 is 15.8 Å². The molecule has 23 heavy (non-hydrogen) atoms. The number of rotatable bonds is 4. The Morgan fingerprint density at radius 3 is 2.74 bits per heavy atom. The number of primary amides is 1. The molecule has 2 amide bonds. The van der Waals surface area contributed by atoms with Crippen LogP contribution in [0.15, 0.2) is 29.8 Å². The Bertz CT molecular complexity index is 634. The highest BCUT2D eigenvalue weighted by Gasteiger charge is 2.24. The number of carbonyl (C=O) groups is 2. The van der Waals surface area contributed by atoms with Crippen molar-refractivity contribution in [3.05, 3.63) is 35.4 Å². The lowest BCUT2D eigenvalue weighted by Gasteiger charge is -2.31. The van der Waals surface area contributed by atoms with E-state index in [-0.39, 0.29) is 24.4 Å². The molecule has 122 valence electrons. The molecule has 2 aliphatic rings. The summed E-state index contributed by atoms with van der Waals surface area (Å²) < 4.78 is 5.62. The van der Waals surface area contributed by atoms with E-state index in [1.165, 1.54) is 0 Å². The van der Waals surface area contributed by atoms with Crippen LogP contribution >= 0.6 is 0 Å². The molecule has 0 aliphatic carbocycles. The monoisotopic (exact) mass is 315 g/mol. The van der Waals surface area contributed by atoms with E-state index < -0.39 is 0 Å². The lowest BCUT2D eigenvalue weighted by molar-refractivity contribution is -0.121. The van der Waals surface area contributed by atoms with Crippen LogP contribution in [-0.2, 0) is 9.59 Å². The minimum atomic E-state index is -0.310. The van der Waals surface area contributed by atoms with Crippen molar-refractivity contribution in [3.8, 4) is 5.75 Å². The quantitative estimate of drug-likeness (QED) is 0.849. The Hall–Kier alpha value is -2.34. The first-order valence-electron chi connectivity index (χ1n) is 7.86. The van der Waals surface area contributed by atoms with Crippen LogP contribution in [0.2, 0.25) is 0 Å². The van der Waals surface area contributed by atoms with Gasteiger partial charge in [-0.05, 0) is 25.0 Å². The second-order valence-corrected chi connectivity index (χ2v) is 5.99. The Morgan fingerprint density at radius 2 is 2.00 bits per heavy atom. The topological polar surface area (TPSA) is 84.7 Å². The molecule has 1 saturated heterocycles. The zero-order valence-electron chi connectivity index (χ0n) is 13.0. The van der Waals surface area contributed by atoms with E-state index >= 15 is 0 Å². The fourth-order valence-electron chi connectivity index (χ4n) is 2.98. The average Bonchev–Trinajstić information content (AvgIpc) is 2.55. The summed E-state index contributed by atoms with van der Waals surface area (Å²) >= 11 is 0. The van der Waals surface area contributed by atoms with Gasteiger partial charge in [0.15, 0.2) is 0 Å². The number of carbonyl (C=O) groups excluding carboxylic acids is 2. The van der Waals surface area contributed by atoms with Gasteiger partial charge in [0.1, 0.15) is 12.4 Å². The van der Waals surface area contributed by atoms with Crippen LogP contribution in [0.4, 0.5) is 0 Å². The van der Waals surface area contributed by atoms with Crippen molar-refractivity contribution in [2.24, 2.45) is 5.73 Å². The molecule has 3 rings (SSSR count). The standard InChI is InChI=1S/C17H21N3O3/c18-16(21)10-20-7-5-14(6-8-20)19-17(22)13-9-12-3-1-2-4-15(12)23-11-13/h1-4,9,14H,5-8,10-11H2,(H2,18,21)(H,19,22). The highest BCUT2D eigenvalue weighted by Crippen LogP contribution is 2.25. The van der Waals surface area contributed by atoms with Crippen LogP contribution in [0.1, 0.15) is 18.4 Å². The van der Waals surface area contributed by atoms with Crippen LogP contribution in [-0.4, -0.2) is 49.0 Å². The van der Waals surface area contributed by atoms with Crippen LogP contribution in [0, 0.1) is 0 Å². The van der Waals surface area contributed by atoms with E-state index in [1.54, 1.807) is 0 Å². The van der Waals surface area contributed by atoms with Crippen molar-refractivity contribution in [2.75, 3.05) is 26.2 Å². The van der Waals surface area contributed by atoms with E-state index in [4.69, 9.17) is 10.5 Å². The number of nitrogens with one attached hydrogen (secondary N) is 1. The Balaban J connectivity index is 1.55. The Morgan fingerprint density at radius 1 is 1.26 bits per heavy atom. The Kier molecular flexibility index (Phi) is 4.62. The maximum Gasteiger partial charge on any atom is 0.250 e. The number of hydrogen-bond donors (Lipinski definition) is 2. The summed E-state index contributed by atoms with van der Waals surface area (Å²) in [6.45, 7) is 2.12. The minimum absolute atomic E-state index is 0.0761. The minimum Gasteiger partial charge on any atom is -0.488 e. The predicted octanol–water partition coefficient (Wildman–Crippen LogP) is 0.528. The number of para-hydroxylation sites is 1. The van der Waals surface area contributed by atoms with E-state index in [1.807, 2.05) is 35.2 Å². The number of benzene rings is 1. The number of fused-ring (bicyclic) bond motifs is 1. The molecule has 0 spiro atoms. The third-order valence-electron chi connectivity index (χ3n) is 4.23. The fraction of sp³-hybridized carbons (Fsp3) is 0.412. The van der Waals surface area contributed by atoms with Crippen LogP contribution in [0.3, 0.4) is 0 Å². The van der Waals surface area contributed by atoms with Gasteiger partial charge in [-0.2, -0.15) is 0 Å².